The fourth-order valence-electron chi connectivity index (χ4n) is 3.59. The van der Waals surface area contributed by atoms with Crippen molar-refractivity contribution in [3.8, 4) is 0 Å². The number of aliphatic hydroxyl groups excluding tert-OH is 1. The molecular formula is C16H13ClO. The second kappa shape index (κ2) is 3.59. The number of fused-ring (bicyclic) bond motifs is 7. The Labute approximate surface area is 111 Å². The van der Waals surface area contributed by atoms with Crippen molar-refractivity contribution in [2.45, 2.75) is 23.3 Å². The largest absolute Gasteiger partial charge is 0.388 e. The monoisotopic (exact) mass is 256 g/mol. The van der Waals surface area contributed by atoms with Crippen molar-refractivity contribution < 1.29 is 5.11 Å². The van der Waals surface area contributed by atoms with E-state index in [4.69, 9.17) is 11.6 Å². The van der Waals surface area contributed by atoms with E-state index in [1.807, 2.05) is 24.3 Å². The van der Waals surface area contributed by atoms with Gasteiger partial charge in [0.15, 0.2) is 0 Å². The van der Waals surface area contributed by atoms with E-state index in [9.17, 15) is 5.11 Å². The molecule has 2 heteroatoms. The molecule has 2 aromatic carbocycles. The van der Waals surface area contributed by atoms with E-state index in [1.54, 1.807) is 0 Å². The summed E-state index contributed by atoms with van der Waals surface area (Å²) in [6.07, 6.45) is -0.483. The molecule has 2 aromatic rings. The molecule has 2 aliphatic carbocycles. The minimum Gasteiger partial charge on any atom is -0.388 e. The van der Waals surface area contributed by atoms with E-state index in [0.717, 1.165) is 5.56 Å². The summed E-state index contributed by atoms with van der Waals surface area (Å²) in [6, 6.07) is 16.5. The minimum atomic E-state index is -0.483. The van der Waals surface area contributed by atoms with Gasteiger partial charge in [-0.1, -0.05) is 48.5 Å². The van der Waals surface area contributed by atoms with Crippen molar-refractivity contribution in [2.75, 3.05) is 0 Å². The highest BCUT2D eigenvalue weighted by Crippen LogP contribution is 2.57. The zero-order valence-electron chi connectivity index (χ0n) is 9.75. The molecule has 2 aliphatic rings. The Morgan fingerprint density at radius 1 is 0.778 bits per heavy atom. The van der Waals surface area contributed by atoms with Crippen LogP contribution in [0.3, 0.4) is 0 Å². The smallest absolute Gasteiger partial charge is 0.0876 e. The van der Waals surface area contributed by atoms with Crippen molar-refractivity contribution in [3.05, 3.63) is 70.8 Å². The Kier molecular flexibility index (Phi) is 2.12. The highest BCUT2D eigenvalue weighted by Gasteiger charge is 2.48. The van der Waals surface area contributed by atoms with Crippen molar-refractivity contribution >= 4 is 11.6 Å². The lowest BCUT2D eigenvalue weighted by Gasteiger charge is -2.32. The molecule has 4 rings (SSSR count). The Bertz CT molecular complexity index is 622. The summed E-state index contributed by atoms with van der Waals surface area (Å²) in [7, 11) is 0. The maximum Gasteiger partial charge on any atom is 0.0876 e. The first-order valence-corrected chi connectivity index (χ1v) is 6.72. The van der Waals surface area contributed by atoms with Crippen LogP contribution in [-0.4, -0.2) is 10.5 Å². The number of benzene rings is 2. The van der Waals surface area contributed by atoms with Gasteiger partial charge in [0.2, 0.25) is 0 Å². The number of hydrogen-bond acceptors (Lipinski definition) is 1. The van der Waals surface area contributed by atoms with Crippen LogP contribution in [0.5, 0.6) is 0 Å². The summed E-state index contributed by atoms with van der Waals surface area (Å²) in [6.45, 7) is 0. The molecule has 0 saturated carbocycles. The van der Waals surface area contributed by atoms with Gasteiger partial charge in [0.25, 0.3) is 0 Å². The zero-order valence-corrected chi connectivity index (χ0v) is 10.5. The summed E-state index contributed by atoms with van der Waals surface area (Å²) < 4.78 is 0. The van der Waals surface area contributed by atoms with E-state index in [-0.39, 0.29) is 17.2 Å². The summed E-state index contributed by atoms with van der Waals surface area (Å²) in [4.78, 5) is 0. The van der Waals surface area contributed by atoms with Crippen LogP contribution in [0.1, 0.15) is 40.2 Å². The van der Waals surface area contributed by atoms with Gasteiger partial charge < -0.3 is 5.11 Å². The summed E-state index contributed by atoms with van der Waals surface area (Å²) >= 11 is 6.61. The lowest BCUT2D eigenvalue weighted by atomic mass is 9.79. The van der Waals surface area contributed by atoms with E-state index >= 15 is 0 Å². The van der Waals surface area contributed by atoms with Gasteiger partial charge in [-0.15, -0.1) is 11.6 Å². The molecule has 0 spiro atoms. The molecule has 2 bridgehead atoms. The Balaban J connectivity index is 2.04. The number of rotatable bonds is 0. The quantitative estimate of drug-likeness (QED) is 0.715. The normalized spacial score (nSPS) is 31.9. The third-order valence-corrected chi connectivity index (χ3v) is 4.87. The second-order valence-corrected chi connectivity index (χ2v) is 5.65. The first kappa shape index (κ1) is 10.6. The number of aliphatic hydroxyl groups is 1. The lowest BCUT2D eigenvalue weighted by molar-refractivity contribution is 0.137. The third kappa shape index (κ3) is 1.16. The van der Waals surface area contributed by atoms with Gasteiger partial charge in [-0.2, -0.15) is 0 Å². The zero-order chi connectivity index (χ0) is 12.3. The van der Waals surface area contributed by atoms with E-state index in [2.05, 4.69) is 24.3 Å². The van der Waals surface area contributed by atoms with Gasteiger partial charge in [0.1, 0.15) is 0 Å². The molecule has 0 fully saturated rings. The van der Waals surface area contributed by atoms with Crippen LogP contribution in [0.15, 0.2) is 48.5 Å². The molecule has 90 valence electrons. The molecule has 0 aliphatic heterocycles. The SMILES string of the molecule is O[C@H]1c2ccccc2[C@H]2c3ccccc3[C@H]1[C@@H]2Cl. The van der Waals surface area contributed by atoms with Crippen molar-refractivity contribution in [3.63, 3.8) is 0 Å². The van der Waals surface area contributed by atoms with Crippen LogP contribution in [0, 0.1) is 0 Å². The average Bonchev–Trinajstić information content (AvgIpc) is 2.63. The molecule has 18 heavy (non-hydrogen) atoms. The molecule has 4 atom stereocenters. The Morgan fingerprint density at radius 3 is 1.94 bits per heavy atom. The van der Waals surface area contributed by atoms with Gasteiger partial charge in [-0.3, -0.25) is 0 Å². The molecule has 0 aromatic heterocycles. The highest BCUT2D eigenvalue weighted by molar-refractivity contribution is 6.22. The van der Waals surface area contributed by atoms with Crippen LogP contribution >= 0.6 is 11.6 Å². The minimum absolute atomic E-state index is 0.0303. The summed E-state index contributed by atoms with van der Waals surface area (Å²) in [5, 5.41) is 10.5. The maximum atomic E-state index is 10.6. The molecule has 1 nitrogen and oxygen atoms in total. The van der Waals surface area contributed by atoms with E-state index in [0.29, 0.717) is 0 Å². The topological polar surface area (TPSA) is 20.2 Å². The number of hydrogen-bond donors (Lipinski definition) is 1. The third-order valence-electron chi connectivity index (χ3n) is 4.34. The van der Waals surface area contributed by atoms with Crippen LogP contribution in [-0.2, 0) is 0 Å². The van der Waals surface area contributed by atoms with Gasteiger partial charge in [0, 0.05) is 11.8 Å². The second-order valence-electron chi connectivity index (χ2n) is 5.15. The van der Waals surface area contributed by atoms with Crippen molar-refractivity contribution in [1.29, 1.82) is 0 Å². The van der Waals surface area contributed by atoms with Crippen LogP contribution in [0.4, 0.5) is 0 Å². The average molecular weight is 257 g/mol. The molecule has 0 amide bonds. The Morgan fingerprint density at radius 2 is 1.28 bits per heavy atom. The predicted octanol–water partition coefficient (Wildman–Crippen LogP) is 3.57. The summed E-state index contributed by atoms with van der Waals surface area (Å²) in [5.74, 6) is 0.259. The molecule has 0 heterocycles. The van der Waals surface area contributed by atoms with Crippen molar-refractivity contribution in [2.24, 2.45) is 0 Å². The number of halogens is 1. The van der Waals surface area contributed by atoms with Crippen LogP contribution in [0.2, 0.25) is 0 Å². The van der Waals surface area contributed by atoms with Gasteiger partial charge in [-0.25, -0.2) is 0 Å². The number of alkyl halides is 1. The van der Waals surface area contributed by atoms with Crippen LogP contribution < -0.4 is 0 Å². The summed E-state index contributed by atoms with van der Waals surface area (Å²) in [5.41, 5.74) is 4.73. The van der Waals surface area contributed by atoms with Crippen molar-refractivity contribution in [1.82, 2.24) is 0 Å². The standard InChI is InChI=1S/C16H13ClO/c17-15-13-9-5-1-2-6-10(9)14(15)16(18)12-8-4-3-7-11(12)13/h1-8,13-16,18H/t13-,14+,15-,16+/m1/s1. The van der Waals surface area contributed by atoms with Gasteiger partial charge in [0.05, 0.1) is 11.5 Å². The fourth-order valence-corrected chi connectivity index (χ4v) is 4.13. The fraction of sp³-hybridized carbons (Fsp3) is 0.250. The van der Waals surface area contributed by atoms with E-state index < -0.39 is 6.10 Å². The lowest BCUT2D eigenvalue weighted by Crippen LogP contribution is -2.26. The van der Waals surface area contributed by atoms with E-state index in [1.165, 1.54) is 16.7 Å². The molecule has 0 unspecified atom stereocenters. The van der Waals surface area contributed by atoms with Crippen LogP contribution in [0.25, 0.3) is 0 Å². The first-order valence-electron chi connectivity index (χ1n) is 6.29. The maximum absolute atomic E-state index is 10.6. The molecular weight excluding hydrogens is 244 g/mol. The van der Waals surface area contributed by atoms with Gasteiger partial charge >= 0.3 is 0 Å². The molecule has 0 saturated heterocycles. The first-order chi connectivity index (χ1) is 8.79. The molecule has 0 radical (unpaired) electrons. The van der Waals surface area contributed by atoms with Gasteiger partial charge in [-0.05, 0) is 22.3 Å². The highest BCUT2D eigenvalue weighted by atomic mass is 35.5. The molecule has 1 N–H and O–H groups in total. The predicted molar refractivity (Wildman–Crippen MR) is 72.1 cm³/mol. The Hall–Kier alpha value is -1.31.